The quantitative estimate of drug-likeness (QED) is 0.681. The number of rotatable bonds is 2. The largest absolute Gasteiger partial charge is 0.419 e. The van der Waals surface area contributed by atoms with Crippen LogP contribution >= 0.6 is 0 Å². The first kappa shape index (κ1) is 10.7. The summed E-state index contributed by atoms with van der Waals surface area (Å²) in [7, 11) is 1.12. The molecule has 0 fully saturated rings. The van der Waals surface area contributed by atoms with Crippen LogP contribution in [0, 0.1) is 0 Å². The Hall–Kier alpha value is -0.290. The fraction of sp³-hybridized carbons (Fsp3) is 1.00. The van der Waals surface area contributed by atoms with E-state index in [0.29, 0.717) is 6.92 Å². The molecule has 0 aliphatic rings. The zero-order valence-corrected chi connectivity index (χ0v) is 6.57. The predicted octanol–water partition coefficient (Wildman–Crippen LogP) is 1.33. The number of halogens is 3. The summed E-state index contributed by atoms with van der Waals surface area (Å²) in [5.74, 6) is 0. The molecule has 0 saturated carbocycles. The number of hydrogen-bond acceptors (Lipinski definition) is 2. The van der Waals surface area contributed by atoms with Crippen LogP contribution in [0.5, 0.6) is 0 Å². The molecule has 0 spiro atoms. The van der Waals surface area contributed by atoms with Crippen molar-refractivity contribution in [3.63, 3.8) is 0 Å². The predicted molar refractivity (Wildman–Crippen MR) is 33.1 cm³/mol. The number of alkyl halides is 3. The van der Waals surface area contributed by atoms with Crippen molar-refractivity contribution in [3.05, 3.63) is 0 Å². The molecular weight excluding hydrogens is 161 g/mol. The lowest BCUT2D eigenvalue weighted by atomic mass is 10.0. The van der Waals surface area contributed by atoms with Gasteiger partial charge in [-0.15, -0.1) is 0 Å². The van der Waals surface area contributed by atoms with E-state index in [-0.39, 0.29) is 0 Å². The van der Waals surface area contributed by atoms with Gasteiger partial charge in [0.2, 0.25) is 0 Å². The van der Waals surface area contributed by atoms with E-state index in [1.807, 2.05) is 0 Å². The highest BCUT2D eigenvalue weighted by atomic mass is 19.4. The lowest BCUT2D eigenvalue weighted by Crippen LogP contribution is -2.51. The highest BCUT2D eigenvalue weighted by molar-refractivity contribution is 4.87. The molecule has 0 rings (SSSR count). The molecule has 0 aromatic rings. The Bertz CT molecular complexity index is 130. The normalized spacial score (nSPS) is 21.0. The van der Waals surface area contributed by atoms with Crippen LogP contribution in [-0.4, -0.2) is 30.1 Å². The number of methoxy groups -OCH3 is 1. The smallest absolute Gasteiger partial charge is 0.379 e. The third-order valence-electron chi connectivity index (χ3n) is 1.72. The number of ether oxygens (including phenoxy) is 1. The van der Waals surface area contributed by atoms with E-state index in [9.17, 15) is 13.2 Å². The van der Waals surface area contributed by atoms with Gasteiger partial charge in [0.15, 0.2) is 5.60 Å². The molecule has 0 aliphatic heterocycles. The lowest BCUT2D eigenvalue weighted by Gasteiger charge is -2.30. The molecule has 0 aromatic heterocycles. The van der Waals surface area contributed by atoms with Gasteiger partial charge in [-0.25, -0.2) is 0 Å². The molecule has 0 aromatic carbocycles. The van der Waals surface area contributed by atoms with E-state index < -0.39 is 17.9 Å². The molecule has 0 bridgehead atoms. The average Bonchev–Trinajstić information content (AvgIpc) is 1.83. The molecule has 0 aliphatic carbocycles. The maximum Gasteiger partial charge on any atom is 0.419 e. The Morgan fingerprint density at radius 3 is 1.82 bits per heavy atom. The molecule has 0 saturated heterocycles. The first-order valence-corrected chi connectivity index (χ1v) is 3.05. The van der Waals surface area contributed by atoms with E-state index in [1.165, 1.54) is 0 Å². The van der Waals surface area contributed by atoms with Crippen LogP contribution in [0.3, 0.4) is 0 Å². The van der Waals surface area contributed by atoms with E-state index in [0.717, 1.165) is 14.0 Å². The van der Waals surface area contributed by atoms with Crippen molar-refractivity contribution >= 4 is 0 Å². The molecule has 2 atom stereocenters. The minimum atomic E-state index is -4.65. The SMILES string of the molecule is COC(C)C(C)(O)C(F)(F)F. The number of hydrogen-bond donors (Lipinski definition) is 1. The highest BCUT2D eigenvalue weighted by Crippen LogP contribution is 2.33. The van der Waals surface area contributed by atoms with Gasteiger partial charge in [-0.1, -0.05) is 0 Å². The molecular formula is C6H11F3O2. The van der Waals surface area contributed by atoms with Crippen LogP contribution < -0.4 is 0 Å². The summed E-state index contributed by atoms with van der Waals surface area (Å²) in [5, 5.41) is 8.87. The molecule has 2 unspecified atom stereocenters. The Morgan fingerprint density at radius 2 is 1.73 bits per heavy atom. The molecule has 5 heteroatoms. The van der Waals surface area contributed by atoms with E-state index >= 15 is 0 Å². The highest BCUT2D eigenvalue weighted by Gasteiger charge is 2.53. The Morgan fingerprint density at radius 1 is 1.36 bits per heavy atom. The topological polar surface area (TPSA) is 29.5 Å². The van der Waals surface area contributed by atoms with Crippen LogP contribution in [-0.2, 0) is 4.74 Å². The Balaban J connectivity index is 4.45. The van der Waals surface area contributed by atoms with Crippen molar-refractivity contribution in [2.45, 2.75) is 31.7 Å². The third kappa shape index (κ3) is 2.07. The average molecular weight is 172 g/mol. The second kappa shape index (κ2) is 2.98. The molecule has 0 heterocycles. The number of aliphatic hydroxyl groups is 1. The molecule has 68 valence electrons. The maximum atomic E-state index is 11.9. The summed E-state index contributed by atoms with van der Waals surface area (Å²) in [4.78, 5) is 0. The van der Waals surface area contributed by atoms with Crippen molar-refractivity contribution in [1.29, 1.82) is 0 Å². The lowest BCUT2D eigenvalue weighted by molar-refractivity contribution is -0.283. The van der Waals surface area contributed by atoms with Gasteiger partial charge in [0.1, 0.15) is 0 Å². The first-order chi connectivity index (χ1) is 4.73. The summed E-state index contributed by atoms with van der Waals surface area (Å²) in [5.41, 5.74) is -2.78. The monoisotopic (exact) mass is 172 g/mol. The summed E-state index contributed by atoms with van der Waals surface area (Å²) >= 11 is 0. The van der Waals surface area contributed by atoms with E-state index in [1.54, 1.807) is 0 Å². The second-order valence-corrected chi connectivity index (χ2v) is 2.52. The van der Waals surface area contributed by atoms with Crippen molar-refractivity contribution in [1.82, 2.24) is 0 Å². The van der Waals surface area contributed by atoms with Crippen molar-refractivity contribution in [3.8, 4) is 0 Å². The summed E-state index contributed by atoms with van der Waals surface area (Å²) < 4.78 is 40.2. The standard InChI is InChI=1S/C6H11F3O2/c1-4(11-3)5(2,10)6(7,8)9/h4,10H,1-3H3. The maximum absolute atomic E-state index is 11.9. The molecule has 0 radical (unpaired) electrons. The van der Waals surface area contributed by atoms with Crippen molar-refractivity contribution in [2.24, 2.45) is 0 Å². The Labute approximate surface area is 63.0 Å². The first-order valence-electron chi connectivity index (χ1n) is 3.05. The van der Waals surface area contributed by atoms with Crippen LogP contribution in [0.1, 0.15) is 13.8 Å². The fourth-order valence-corrected chi connectivity index (χ4v) is 0.460. The minimum absolute atomic E-state index is 0.682. The second-order valence-electron chi connectivity index (χ2n) is 2.52. The summed E-state index contributed by atoms with van der Waals surface area (Å²) in [6, 6.07) is 0. The molecule has 0 amide bonds. The van der Waals surface area contributed by atoms with Crippen LogP contribution in [0.2, 0.25) is 0 Å². The van der Waals surface area contributed by atoms with Gasteiger partial charge >= 0.3 is 6.18 Å². The van der Waals surface area contributed by atoms with Crippen LogP contribution in [0.15, 0.2) is 0 Å². The molecule has 2 nitrogen and oxygen atoms in total. The zero-order chi connectivity index (χ0) is 9.28. The van der Waals surface area contributed by atoms with Crippen molar-refractivity contribution in [2.75, 3.05) is 7.11 Å². The molecule has 11 heavy (non-hydrogen) atoms. The molecule has 1 N–H and O–H groups in total. The fourth-order valence-electron chi connectivity index (χ4n) is 0.460. The van der Waals surface area contributed by atoms with Crippen molar-refractivity contribution < 1.29 is 23.0 Å². The van der Waals surface area contributed by atoms with Gasteiger partial charge in [0.05, 0.1) is 6.10 Å². The van der Waals surface area contributed by atoms with Crippen LogP contribution in [0.25, 0.3) is 0 Å². The van der Waals surface area contributed by atoms with E-state index in [2.05, 4.69) is 4.74 Å². The van der Waals surface area contributed by atoms with Crippen LogP contribution in [0.4, 0.5) is 13.2 Å². The van der Waals surface area contributed by atoms with Gasteiger partial charge in [0, 0.05) is 7.11 Å². The summed E-state index contributed by atoms with van der Waals surface area (Å²) in [6.07, 6.45) is -5.91. The van der Waals surface area contributed by atoms with Gasteiger partial charge in [-0.2, -0.15) is 13.2 Å². The summed E-state index contributed by atoms with van der Waals surface area (Å²) in [6.45, 7) is 1.84. The zero-order valence-electron chi connectivity index (χ0n) is 6.57. The van der Waals surface area contributed by atoms with Gasteiger partial charge in [0.25, 0.3) is 0 Å². The van der Waals surface area contributed by atoms with Gasteiger partial charge < -0.3 is 9.84 Å². The van der Waals surface area contributed by atoms with E-state index in [4.69, 9.17) is 5.11 Å². The van der Waals surface area contributed by atoms with Gasteiger partial charge in [-0.3, -0.25) is 0 Å². The Kier molecular flexibility index (Phi) is 2.91. The van der Waals surface area contributed by atoms with Gasteiger partial charge in [-0.05, 0) is 13.8 Å². The minimum Gasteiger partial charge on any atom is -0.379 e. The third-order valence-corrected chi connectivity index (χ3v) is 1.72.